The number of rotatable bonds is 5. The Morgan fingerprint density at radius 2 is 2.04 bits per heavy atom. The minimum atomic E-state index is -0.143. The zero-order chi connectivity index (χ0) is 17.8. The summed E-state index contributed by atoms with van der Waals surface area (Å²) in [6, 6.07) is 6.34. The van der Waals surface area contributed by atoms with E-state index in [1.807, 2.05) is 32.0 Å². The quantitative estimate of drug-likeness (QED) is 0.740. The summed E-state index contributed by atoms with van der Waals surface area (Å²) in [6.45, 7) is 3.99. The van der Waals surface area contributed by atoms with Crippen molar-refractivity contribution in [2.24, 2.45) is 0 Å². The molecule has 0 saturated heterocycles. The molecule has 134 valence electrons. The van der Waals surface area contributed by atoms with Crippen LogP contribution in [0.2, 0.25) is 0 Å². The molecule has 6 heteroatoms. The molecule has 1 heterocycles. The van der Waals surface area contributed by atoms with Crippen molar-refractivity contribution < 1.29 is 9.90 Å². The van der Waals surface area contributed by atoms with Crippen molar-refractivity contribution >= 4 is 28.1 Å². The van der Waals surface area contributed by atoms with Gasteiger partial charge in [-0.05, 0) is 38.3 Å². The number of hydrogen-bond acceptors (Lipinski definition) is 5. The van der Waals surface area contributed by atoms with E-state index in [1.54, 1.807) is 0 Å². The van der Waals surface area contributed by atoms with Crippen LogP contribution in [-0.4, -0.2) is 22.0 Å². The van der Waals surface area contributed by atoms with E-state index < -0.39 is 0 Å². The summed E-state index contributed by atoms with van der Waals surface area (Å²) in [7, 11) is 0. The van der Waals surface area contributed by atoms with Crippen LogP contribution >= 0.6 is 11.3 Å². The highest BCUT2D eigenvalue weighted by Crippen LogP contribution is 2.31. The predicted octanol–water partition coefficient (Wildman–Crippen LogP) is 4.39. The highest BCUT2D eigenvalue weighted by Gasteiger charge is 2.18. The summed E-state index contributed by atoms with van der Waals surface area (Å²) in [5.74, 6) is -0.186. The van der Waals surface area contributed by atoms with Gasteiger partial charge in [-0.1, -0.05) is 48.3 Å². The molecule has 1 saturated carbocycles. The van der Waals surface area contributed by atoms with Gasteiger partial charge in [-0.15, -0.1) is 0 Å². The average molecular weight is 359 g/mol. The maximum absolute atomic E-state index is 12.3. The predicted molar refractivity (Wildman–Crippen MR) is 103 cm³/mol. The lowest BCUT2D eigenvalue weighted by Gasteiger charge is -2.22. The van der Waals surface area contributed by atoms with E-state index in [2.05, 4.69) is 15.6 Å². The first kappa shape index (κ1) is 17.7. The van der Waals surface area contributed by atoms with E-state index in [0.717, 1.165) is 29.7 Å². The fourth-order valence-corrected chi connectivity index (χ4v) is 4.17. The molecule has 0 bridgehead atoms. The molecular formula is C19H25N3O2S. The summed E-state index contributed by atoms with van der Waals surface area (Å²) >= 11 is 1.37. The molecule has 3 N–H and O–H groups in total. The maximum atomic E-state index is 12.3. The first-order valence-corrected chi connectivity index (χ1v) is 9.65. The van der Waals surface area contributed by atoms with E-state index in [0.29, 0.717) is 16.1 Å². The molecule has 2 aromatic rings. The van der Waals surface area contributed by atoms with E-state index in [-0.39, 0.29) is 18.2 Å². The number of benzene rings is 1. The van der Waals surface area contributed by atoms with Gasteiger partial charge in [-0.2, -0.15) is 4.98 Å². The SMILES string of the molecule is Cc1ccc(NC(=O)Cc2sc(NC3CCCCC3)nc2O)c(C)c1. The van der Waals surface area contributed by atoms with Gasteiger partial charge < -0.3 is 15.7 Å². The smallest absolute Gasteiger partial charge is 0.229 e. The highest BCUT2D eigenvalue weighted by atomic mass is 32.1. The monoisotopic (exact) mass is 359 g/mol. The van der Waals surface area contributed by atoms with Crippen molar-refractivity contribution in [3.63, 3.8) is 0 Å². The number of aromatic hydroxyl groups is 1. The largest absolute Gasteiger partial charge is 0.492 e. The van der Waals surface area contributed by atoms with Crippen molar-refractivity contribution in [1.82, 2.24) is 4.98 Å². The van der Waals surface area contributed by atoms with Crippen molar-refractivity contribution in [2.45, 2.75) is 58.4 Å². The molecule has 0 radical (unpaired) electrons. The number of nitrogens with zero attached hydrogens (tertiary/aromatic N) is 1. The number of hydrogen-bond donors (Lipinski definition) is 3. The topological polar surface area (TPSA) is 74.2 Å². The number of thiazole rings is 1. The van der Waals surface area contributed by atoms with Gasteiger partial charge >= 0.3 is 0 Å². The second-order valence-electron chi connectivity index (χ2n) is 6.79. The van der Waals surface area contributed by atoms with Gasteiger partial charge in [0.2, 0.25) is 11.8 Å². The third-order valence-corrected chi connectivity index (χ3v) is 5.56. The summed E-state index contributed by atoms with van der Waals surface area (Å²) in [6.07, 6.45) is 6.18. The third kappa shape index (κ3) is 4.72. The molecule has 0 aliphatic heterocycles. The van der Waals surface area contributed by atoms with Gasteiger partial charge in [-0.25, -0.2) is 0 Å². The summed E-state index contributed by atoms with van der Waals surface area (Å²) in [5.41, 5.74) is 3.00. The summed E-state index contributed by atoms with van der Waals surface area (Å²) in [5, 5.41) is 17.1. The minimum Gasteiger partial charge on any atom is -0.492 e. The van der Waals surface area contributed by atoms with Crippen LogP contribution in [-0.2, 0) is 11.2 Å². The lowest BCUT2D eigenvalue weighted by Crippen LogP contribution is -2.21. The molecule has 0 spiro atoms. The Kier molecular flexibility index (Phi) is 5.58. The number of aryl methyl sites for hydroxylation is 2. The van der Waals surface area contributed by atoms with Crippen LogP contribution in [0.4, 0.5) is 10.8 Å². The Labute approximate surface area is 152 Å². The number of nitrogens with one attached hydrogen (secondary N) is 2. The molecule has 1 aliphatic rings. The van der Waals surface area contributed by atoms with Gasteiger partial charge in [0.15, 0.2) is 5.13 Å². The number of carbonyl (C=O) groups is 1. The van der Waals surface area contributed by atoms with Crippen LogP contribution < -0.4 is 10.6 Å². The van der Waals surface area contributed by atoms with Crippen molar-refractivity contribution in [3.8, 4) is 5.88 Å². The molecular weight excluding hydrogens is 334 g/mol. The summed E-state index contributed by atoms with van der Waals surface area (Å²) < 4.78 is 0. The number of carbonyl (C=O) groups excluding carboxylic acids is 1. The van der Waals surface area contributed by atoms with Crippen molar-refractivity contribution in [2.75, 3.05) is 10.6 Å². The van der Waals surface area contributed by atoms with Crippen LogP contribution in [0.5, 0.6) is 5.88 Å². The first-order chi connectivity index (χ1) is 12.0. The van der Waals surface area contributed by atoms with E-state index in [9.17, 15) is 9.90 Å². The molecule has 1 fully saturated rings. The second-order valence-corrected chi connectivity index (χ2v) is 7.87. The molecule has 1 amide bonds. The van der Waals surface area contributed by atoms with Crippen LogP contribution in [0.1, 0.15) is 48.1 Å². The molecule has 0 atom stereocenters. The lowest BCUT2D eigenvalue weighted by molar-refractivity contribution is -0.115. The highest BCUT2D eigenvalue weighted by molar-refractivity contribution is 7.16. The first-order valence-electron chi connectivity index (χ1n) is 8.83. The minimum absolute atomic E-state index is 0.0425. The van der Waals surface area contributed by atoms with E-state index >= 15 is 0 Å². The normalized spacial score (nSPS) is 15.1. The Hall–Kier alpha value is -2.08. The maximum Gasteiger partial charge on any atom is 0.229 e. The van der Waals surface area contributed by atoms with Crippen LogP contribution in [0.25, 0.3) is 0 Å². The lowest BCUT2D eigenvalue weighted by atomic mass is 9.96. The van der Waals surface area contributed by atoms with Gasteiger partial charge in [-0.3, -0.25) is 4.79 Å². The van der Waals surface area contributed by atoms with Gasteiger partial charge in [0.25, 0.3) is 0 Å². The Bertz CT molecular complexity index is 751. The standard InChI is InChI=1S/C19H25N3O2S/c1-12-8-9-15(13(2)10-12)21-17(23)11-16-18(24)22-19(25-16)20-14-6-4-3-5-7-14/h8-10,14,24H,3-7,11H2,1-2H3,(H,20,22)(H,21,23). The molecule has 1 aliphatic carbocycles. The Balaban J connectivity index is 1.61. The van der Waals surface area contributed by atoms with Crippen LogP contribution in [0.3, 0.4) is 0 Å². The van der Waals surface area contributed by atoms with Gasteiger partial charge in [0.05, 0.1) is 11.3 Å². The van der Waals surface area contributed by atoms with Crippen molar-refractivity contribution in [3.05, 3.63) is 34.2 Å². The molecule has 3 rings (SSSR count). The third-order valence-electron chi connectivity index (χ3n) is 4.59. The zero-order valence-electron chi connectivity index (χ0n) is 14.8. The van der Waals surface area contributed by atoms with E-state index in [1.165, 1.54) is 30.6 Å². The van der Waals surface area contributed by atoms with Crippen molar-refractivity contribution in [1.29, 1.82) is 0 Å². The van der Waals surface area contributed by atoms with Crippen LogP contribution in [0, 0.1) is 13.8 Å². The number of anilines is 2. The van der Waals surface area contributed by atoms with Crippen LogP contribution in [0.15, 0.2) is 18.2 Å². The molecule has 25 heavy (non-hydrogen) atoms. The van der Waals surface area contributed by atoms with Gasteiger partial charge in [0.1, 0.15) is 0 Å². The molecule has 1 aromatic carbocycles. The van der Waals surface area contributed by atoms with Gasteiger partial charge in [0, 0.05) is 11.7 Å². The zero-order valence-corrected chi connectivity index (χ0v) is 15.6. The molecule has 1 aromatic heterocycles. The molecule has 5 nitrogen and oxygen atoms in total. The summed E-state index contributed by atoms with van der Waals surface area (Å²) in [4.78, 5) is 17.1. The Morgan fingerprint density at radius 3 is 2.76 bits per heavy atom. The van der Waals surface area contributed by atoms with E-state index in [4.69, 9.17) is 0 Å². The Morgan fingerprint density at radius 1 is 1.28 bits per heavy atom. The second kappa shape index (κ2) is 7.87. The fourth-order valence-electron chi connectivity index (χ4n) is 3.24. The average Bonchev–Trinajstić information content (AvgIpc) is 2.90. The molecule has 0 unspecified atom stereocenters. The fraction of sp³-hybridized carbons (Fsp3) is 0.474. The number of amides is 1. The number of aromatic nitrogens is 1.